The molecule has 24 heavy (non-hydrogen) atoms. The molecule has 1 aliphatic heterocycles. The molecule has 0 amide bonds. The van der Waals surface area contributed by atoms with E-state index in [1.165, 1.54) is 11.1 Å². The van der Waals surface area contributed by atoms with Gasteiger partial charge in [0.25, 0.3) is 0 Å². The molecule has 0 aromatic carbocycles. The molecule has 0 aromatic rings. The topological polar surface area (TPSA) is 46.5 Å². The lowest BCUT2D eigenvalue weighted by Crippen LogP contribution is -2.54. The zero-order chi connectivity index (χ0) is 17.8. The van der Waals surface area contributed by atoms with Crippen LogP contribution in [0.1, 0.15) is 66.2 Å². The maximum absolute atomic E-state index is 12.1. The van der Waals surface area contributed by atoms with Gasteiger partial charge in [0.05, 0.1) is 17.6 Å². The molecule has 0 radical (unpaired) electrons. The molecule has 3 nitrogen and oxygen atoms in total. The Hall–Kier alpha value is -1.09. The third kappa shape index (κ3) is 2.47. The zero-order valence-corrected chi connectivity index (χ0v) is 15.7. The van der Waals surface area contributed by atoms with Crippen LogP contribution in [-0.4, -0.2) is 23.3 Å². The number of allylic oxidation sites excluding steroid dienone is 1. The molecule has 2 saturated carbocycles. The van der Waals surface area contributed by atoms with Gasteiger partial charge in [0.1, 0.15) is 0 Å². The summed E-state index contributed by atoms with van der Waals surface area (Å²) in [7, 11) is 0. The third-order valence-electron chi connectivity index (χ3n) is 7.73. The second-order valence-corrected chi connectivity index (χ2v) is 9.02. The average Bonchev–Trinajstić information content (AvgIpc) is 2.82. The normalized spacial score (nSPS) is 45.7. The first-order chi connectivity index (χ1) is 11.1. The first-order valence-electron chi connectivity index (χ1n) is 9.36. The van der Waals surface area contributed by atoms with Crippen LogP contribution in [0.5, 0.6) is 0 Å². The molecule has 1 heterocycles. The fourth-order valence-electron chi connectivity index (χ4n) is 5.87. The summed E-state index contributed by atoms with van der Waals surface area (Å²) in [5.74, 6) is -0.0631. The Bertz CT molecular complexity index is 592. The molecule has 2 aliphatic carbocycles. The smallest absolute Gasteiger partial charge is 0.309 e. The lowest BCUT2D eigenvalue weighted by Gasteiger charge is -2.58. The summed E-state index contributed by atoms with van der Waals surface area (Å²) in [6, 6.07) is 0. The summed E-state index contributed by atoms with van der Waals surface area (Å²) >= 11 is 0. The molecule has 3 rings (SSSR count). The second-order valence-electron chi connectivity index (χ2n) is 9.02. The van der Waals surface area contributed by atoms with Gasteiger partial charge < -0.3 is 9.84 Å². The number of ether oxygens (including phenoxy) is 1. The van der Waals surface area contributed by atoms with Crippen LogP contribution in [0, 0.1) is 22.7 Å². The third-order valence-corrected chi connectivity index (χ3v) is 7.73. The number of carboxylic acid groups (broad SMARTS) is 1. The van der Waals surface area contributed by atoms with Crippen LogP contribution < -0.4 is 0 Å². The molecule has 0 aromatic heterocycles. The Morgan fingerprint density at radius 1 is 1.38 bits per heavy atom. The molecular formula is C21H32O3. The monoisotopic (exact) mass is 332 g/mol. The second kappa shape index (κ2) is 5.72. The Balaban J connectivity index is 1.95. The highest BCUT2D eigenvalue weighted by Crippen LogP contribution is 2.62. The molecule has 1 N–H and O–H groups in total. The van der Waals surface area contributed by atoms with Crippen molar-refractivity contribution in [2.75, 3.05) is 6.61 Å². The van der Waals surface area contributed by atoms with Crippen molar-refractivity contribution >= 4 is 5.97 Å². The molecular weight excluding hydrogens is 300 g/mol. The van der Waals surface area contributed by atoms with Gasteiger partial charge >= 0.3 is 5.97 Å². The van der Waals surface area contributed by atoms with Crippen LogP contribution in [0.3, 0.4) is 0 Å². The van der Waals surface area contributed by atoms with E-state index >= 15 is 0 Å². The Morgan fingerprint density at radius 2 is 2.08 bits per heavy atom. The van der Waals surface area contributed by atoms with Crippen LogP contribution in [0.2, 0.25) is 0 Å². The van der Waals surface area contributed by atoms with Crippen molar-refractivity contribution in [1.29, 1.82) is 0 Å². The molecule has 134 valence electrons. The largest absolute Gasteiger partial charge is 0.481 e. The van der Waals surface area contributed by atoms with Crippen LogP contribution in [-0.2, 0) is 9.53 Å². The first kappa shape index (κ1) is 17.7. The van der Waals surface area contributed by atoms with Gasteiger partial charge in [-0.25, -0.2) is 0 Å². The van der Waals surface area contributed by atoms with Crippen molar-refractivity contribution in [2.45, 2.75) is 71.8 Å². The zero-order valence-electron chi connectivity index (χ0n) is 15.7. The van der Waals surface area contributed by atoms with Gasteiger partial charge in [-0.2, -0.15) is 0 Å². The van der Waals surface area contributed by atoms with Crippen molar-refractivity contribution in [3.05, 3.63) is 23.8 Å². The highest BCUT2D eigenvalue weighted by molar-refractivity contribution is 5.75. The molecule has 0 saturated heterocycles. The summed E-state index contributed by atoms with van der Waals surface area (Å²) in [5.41, 5.74) is 1.78. The standard InChI is InChI=1S/C21H32O3/c1-14-7-8-17-19(3,10-6-11-20(17,4)18(22)23)16(14)13-21(5)15(2)9-12-24-21/h9,16-17H,1,6-8,10-13H2,2-5H3,(H,22,23)/t16-,17?,19+,20-,21?/m0/s1. The minimum atomic E-state index is -0.621. The average molecular weight is 332 g/mol. The molecule has 2 fully saturated rings. The van der Waals surface area contributed by atoms with E-state index in [0.29, 0.717) is 12.5 Å². The van der Waals surface area contributed by atoms with Gasteiger partial charge in [0.2, 0.25) is 0 Å². The Kier molecular flexibility index (Phi) is 4.23. The van der Waals surface area contributed by atoms with E-state index in [1.807, 2.05) is 6.92 Å². The fourth-order valence-corrected chi connectivity index (χ4v) is 5.87. The fraction of sp³-hybridized carbons (Fsp3) is 0.762. The van der Waals surface area contributed by atoms with Gasteiger partial charge in [-0.3, -0.25) is 4.79 Å². The maximum Gasteiger partial charge on any atom is 0.309 e. The minimum absolute atomic E-state index is 0.00988. The van der Waals surface area contributed by atoms with Crippen molar-refractivity contribution in [3.8, 4) is 0 Å². The van der Waals surface area contributed by atoms with E-state index in [0.717, 1.165) is 38.5 Å². The van der Waals surface area contributed by atoms with E-state index in [2.05, 4.69) is 33.4 Å². The molecule has 3 heteroatoms. The summed E-state index contributed by atoms with van der Waals surface area (Å²) < 4.78 is 6.08. The number of hydrogen-bond donors (Lipinski definition) is 1. The number of fused-ring (bicyclic) bond motifs is 1. The maximum atomic E-state index is 12.1. The lowest BCUT2D eigenvalue weighted by molar-refractivity contribution is -0.165. The Labute approximate surface area is 146 Å². The van der Waals surface area contributed by atoms with Crippen molar-refractivity contribution in [2.24, 2.45) is 22.7 Å². The van der Waals surface area contributed by atoms with E-state index in [1.54, 1.807) is 0 Å². The number of carboxylic acids is 1. The van der Waals surface area contributed by atoms with Crippen LogP contribution in [0.25, 0.3) is 0 Å². The first-order valence-corrected chi connectivity index (χ1v) is 9.36. The van der Waals surface area contributed by atoms with Gasteiger partial charge in [-0.1, -0.05) is 31.6 Å². The SMILES string of the molecule is C=C1CCC2[C@](C)(CCC[C@]2(C)C(=O)O)[C@H]1CC1(C)OCC=C1C. The summed E-state index contributed by atoms with van der Waals surface area (Å²) in [5, 5.41) is 9.92. The lowest BCUT2D eigenvalue weighted by atomic mass is 9.46. The summed E-state index contributed by atoms with van der Waals surface area (Å²) in [4.78, 5) is 12.1. The molecule has 0 spiro atoms. The molecule has 2 unspecified atom stereocenters. The van der Waals surface area contributed by atoms with Crippen LogP contribution >= 0.6 is 0 Å². The number of aliphatic carboxylic acids is 1. The van der Waals surface area contributed by atoms with Crippen molar-refractivity contribution in [3.63, 3.8) is 0 Å². The number of rotatable bonds is 3. The molecule has 3 aliphatic rings. The van der Waals surface area contributed by atoms with Crippen LogP contribution in [0.15, 0.2) is 23.8 Å². The van der Waals surface area contributed by atoms with Crippen LogP contribution in [0.4, 0.5) is 0 Å². The van der Waals surface area contributed by atoms with Gasteiger partial charge in [0.15, 0.2) is 0 Å². The highest BCUT2D eigenvalue weighted by Gasteiger charge is 2.58. The van der Waals surface area contributed by atoms with E-state index in [-0.39, 0.29) is 16.9 Å². The minimum Gasteiger partial charge on any atom is -0.481 e. The number of hydrogen-bond acceptors (Lipinski definition) is 2. The quantitative estimate of drug-likeness (QED) is 0.742. The summed E-state index contributed by atoms with van der Waals surface area (Å²) in [6.45, 7) is 13.7. The predicted molar refractivity (Wildman–Crippen MR) is 95.8 cm³/mol. The van der Waals surface area contributed by atoms with Gasteiger partial charge in [0, 0.05) is 0 Å². The van der Waals surface area contributed by atoms with E-state index < -0.39 is 11.4 Å². The highest BCUT2D eigenvalue weighted by atomic mass is 16.5. The summed E-state index contributed by atoms with van der Waals surface area (Å²) in [6.07, 6.45) is 7.90. The Morgan fingerprint density at radius 3 is 2.67 bits per heavy atom. The van der Waals surface area contributed by atoms with Gasteiger partial charge in [-0.15, -0.1) is 0 Å². The number of carbonyl (C=O) groups is 1. The van der Waals surface area contributed by atoms with Crippen molar-refractivity contribution in [1.82, 2.24) is 0 Å². The predicted octanol–water partition coefficient (Wildman–Crippen LogP) is 4.98. The molecule has 0 bridgehead atoms. The molecule has 5 atom stereocenters. The van der Waals surface area contributed by atoms with Gasteiger partial charge in [-0.05, 0) is 75.7 Å². The van der Waals surface area contributed by atoms with Crippen molar-refractivity contribution < 1.29 is 14.6 Å². The van der Waals surface area contributed by atoms with E-state index in [4.69, 9.17) is 4.74 Å². The van der Waals surface area contributed by atoms with E-state index in [9.17, 15) is 9.90 Å².